The third kappa shape index (κ3) is 4.24. The third-order valence-electron chi connectivity index (χ3n) is 2.16. The summed E-state index contributed by atoms with van der Waals surface area (Å²) in [7, 11) is 0. The average molecular weight is 318 g/mol. The van der Waals surface area contributed by atoms with Crippen molar-refractivity contribution in [3.63, 3.8) is 0 Å². The number of rotatable bonds is 5. The number of thioether (sulfide) groups is 1. The summed E-state index contributed by atoms with van der Waals surface area (Å²) in [4.78, 5) is 12.6. The molecule has 1 aromatic rings. The van der Waals surface area contributed by atoms with Crippen LogP contribution in [0, 0.1) is 0 Å². The summed E-state index contributed by atoms with van der Waals surface area (Å²) in [6.07, 6.45) is 0.721. The normalized spacial score (nSPS) is 12.2. The topological polar surface area (TPSA) is 52.3 Å². The second-order valence-corrected chi connectivity index (χ2v) is 5.61. The Balaban J connectivity index is 2.77. The van der Waals surface area contributed by atoms with Gasteiger partial charge in [-0.2, -0.15) is 0 Å². The number of nitrogen functional groups attached to an aromatic ring is 1. The first kappa shape index (κ1) is 14.4. The predicted molar refractivity (Wildman–Crippen MR) is 75.1 cm³/mol. The summed E-state index contributed by atoms with van der Waals surface area (Å²) >= 11 is 4.80. The molecule has 0 fully saturated rings. The third-order valence-corrected chi connectivity index (χ3v) is 4.09. The maximum Gasteiger partial charge on any atom is 0.319 e. The monoisotopic (exact) mass is 317 g/mol. The van der Waals surface area contributed by atoms with E-state index in [1.165, 1.54) is 11.8 Å². The van der Waals surface area contributed by atoms with E-state index >= 15 is 0 Å². The summed E-state index contributed by atoms with van der Waals surface area (Å²) < 4.78 is 5.95. The molecule has 94 valence electrons. The number of ether oxygens (including phenoxy) is 1. The van der Waals surface area contributed by atoms with Crippen molar-refractivity contribution in [1.82, 2.24) is 0 Å². The molecule has 0 aliphatic rings. The maximum atomic E-state index is 11.7. The smallest absolute Gasteiger partial charge is 0.319 e. The molecule has 0 bridgehead atoms. The standard InChI is InChI=1S/C12H16BrNO2S/c1-3-10(12(15)16-4-2)17-11-6-5-8(13)7-9(11)14/h5-7,10H,3-4,14H2,1-2H3. The average Bonchev–Trinajstić information content (AvgIpc) is 2.28. The van der Waals surface area contributed by atoms with E-state index in [1.807, 2.05) is 32.0 Å². The van der Waals surface area contributed by atoms with Gasteiger partial charge < -0.3 is 10.5 Å². The van der Waals surface area contributed by atoms with Gasteiger partial charge in [0.15, 0.2) is 0 Å². The molecular formula is C12H16BrNO2S. The molecule has 3 nitrogen and oxygen atoms in total. The van der Waals surface area contributed by atoms with Crippen molar-refractivity contribution >= 4 is 39.3 Å². The van der Waals surface area contributed by atoms with Gasteiger partial charge >= 0.3 is 5.97 Å². The molecule has 0 aliphatic heterocycles. The molecule has 0 saturated heterocycles. The fourth-order valence-corrected chi connectivity index (χ4v) is 2.67. The molecular weight excluding hydrogens is 302 g/mol. The summed E-state index contributed by atoms with van der Waals surface area (Å²) in [5.74, 6) is -0.178. The zero-order chi connectivity index (χ0) is 12.8. The molecule has 0 aromatic heterocycles. The molecule has 2 N–H and O–H groups in total. The Morgan fingerprint density at radius 3 is 2.76 bits per heavy atom. The first-order valence-corrected chi connectivity index (χ1v) is 7.14. The van der Waals surface area contributed by atoms with Gasteiger partial charge in [-0.3, -0.25) is 4.79 Å². The summed E-state index contributed by atoms with van der Waals surface area (Å²) in [5.41, 5.74) is 6.57. The van der Waals surface area contributed by atoms with Crippen molar-refractivity contribution < 1.29 is 9.53 Å². The number of anilines is 1. The predicted octanol–water partition coefficient (Wildman–Crippen LogP) is 3.47. The minimum absolute atomic E-state index is 0.178. The SMILES string of the molecule is CCOC(=O)C(CC)Sc1ccc(Br)cc1N. The number of hydrogen-bond donors (Lipinski definition) is 1. The molecule has 0 radical (unpaired) electrons. The Morgan fingerprint density at radius 1 is 1.53 bits per heavy atom. The number of nitrogens with two attached hydrogens (primary N) is 1. The second-order valence-electron chi connectivity index (χ2n) is 3.45. The Kier molecular flexibility index (Phi) is 5.85. The molecule has 0 saturated carbocycles. The van der Waals surface area contributed by atoms with Crippen LogP contribution < -0.4 is 5.73 Å². The molecule has 1 aromatic carbocycles. The fourth-order valence-electron chi connectivity index (χ4n) is 1.31. The minimum Gasteiger partial charge on any atom is -0.465 e. The van der Waals surface area contributed by atoms with Crippen LogP contribution in [0.5, 0.6) is 0 Å². The largest absolute Gasteiger partial charge is 0.465 e. The van der Waals surface area contributed by atoms with Crippen LogP contribution >= 0.6 is 27.7 Å². The molecule has 1 rings (SSSR count). The Morgan fingerprint density at radius 2 is 2.24 bits per heavy atom. The molecule has 1 atom stereocenters. The second kappa shape index (κ2) is 6.91. The van der Waals surface area contributed by atoms with Crippen molar-refractivity contribution in [2.75, 3.05) is 12.3 Å². The summed E-state index contributed by atoms with van der Waals surface area (Å²) in [5, 5.41) is -0.196. The van der Waals surface area contributed by atoms with Gasteiger partial charge in [0.25, 0.3) is 0 Å². The highest BCUT2D eigenvalue weighted by Gasteiger charge is 2.19. The van der Waals surface area contributed by atoms with E-state index in [2.05, 4.69) is 15.9 Å². The van der Waals surface area contributed by atoms with Crippen molar-refractivity contribution in [2.24, 2.45) is 0 Å². The number of esters is 1. The number of benzene rings is 1. The molecule has 1 unspecified atom stereocenters. The van der Waals surface area contributed by atoms with Gasteiger partial charge in [-0.25, -0.2) is 0 Å². The highest BCUT2D eigenvalue weighted by molar-refractivity contribution is 9.10. The van der Waals surface area contributed by atoms with E-state index in [-0.39, 0.29) is 11.2 Å². The molecule has 0 heterocycles. The molecule has 0 amide bonds. The lowest BCUT2D eigenvalue weighted by Crippen LogP contribution is -2.19. The Hall–Kier alpha value is -0.680. The van der Waals surface area contributed by atoms with Crippen LogP contribution in [0.2, 0.25) is 0 Å². The van der Waals surface area contributed by atoms with Crippen LogP contribution in [-0.4, -0.2) is 17.8 Å². The first-order valence-electron chi connectivity index (χ1n) is 5.46. The summed E-state index contributed by atoms with van der Waals surface area (Å²) in [6, 6.07) is 5.66. The summed E-state index contributed by atoms with van der Waals surface area (Å²) in [6.45, 7) is 4.18. The molecule has 0 aliphatic carbocycles. The van der Waals surface area contributed by atoms with E-state index in [0.29, 0.717) is 12.3 Å². The van der Waals surface area contributed by atoms with Crippen LogP contribution in [0.3, 0.4) is 0 Å². The lowest BCUT2D eigenvalue weighted by molar-refractivity contribution is -0.142. The van der Waals surface area contributed by atoms with Gasteiger partial charge in [0.1, 0.15) is 5.25 Å². The van der Waals surface area contributed by atoms with E-state index in [0.717, 1.165) is 15.8 Å². The molecule has 0 spiro atoms. The van der Waals surface area contributed by atoms with Gasteiger partial charge in [0.2, 0.25) is 0 Å². The van der Waals surface area contributed by atoms with Crippen LogP contribution in [0.1, 0.15) is 20.3 Å². The van der Waals surface area contributed by atoms with Crippen LogP contribution in [0.15, 0.2) is 27.6 Å². The van der Waals surface area contributed by atoms with Crippen LogP contribution in [0.4, 0.5) is 5.69 Å². The van der Waals surface area contributed by atoms with E-state index in [4.69, 9.17) is 10.5 Å². The molecule has 5 heteroatoms. The van der Waals surface area contributed by atoms with Crippen LogP contribution in [-0.2, 0) is 9.53 Å². The van der Waals surface area contributed by atoms with E-state index < -0.39 is 0 Å². The first-order chi connectivity index (χ1) is 8.08. The van der Waals surface area contributed by atoms with Crippen molar-refractivity contribution in [3.05, 3.63) is 22.7 Å². The van der Waals surface area contributed by atoms with Crippen molar-refractivity contribution in [2.45, 2.75) is 30.4 Å². The van der Waals surface area contributed by atoms with Crippen molar-refractivity contribution in [1.29, 1.82) is 0 Å². The number of carbonyl (C=O) groups is 1. The van der Waals surface area contributed by atoms with Crippen LogP contribution in [0.25, 0.3) is 0 Å². The highest BCUT2D eigenvalue weighted by Crippen LogP contribution is 2.32. The van der Waals surface area contributed by atoms with Gasteiger partial charge in [-0.05, 0) is 31.5 Å². The fraction of sp³-hybridized carbons (Fsp3) is 0.417. The van der Waals surface area contributed by atoms with Gasteiger partial charge in [0, 0.05) is 15.1 Å². The Labute approximate surface area is 114 Å². The number of halogens is 1. The van der Waals surface area contributed by atoms with Gasteiger partial charge in [-0.15, -0.1) is 11.8 Å². The van der Waals surface area contributed by atoms with Crippen molar-refractivity contribution in [3.8, 4) is 0 Å². The van der Waals surface area contributed by atoms with E-state index in [9.17, 15) is 4.79 Å². The minimum atomic E-state index is -0.196. The van der Waals surface area contributed by atoms with Gasteiger partial charge in [0.05, 0.1) is 6.61 Å². The Bertz CT molecular complexity index is 398. The number of hydrogen-bond acceptors (Lipinski definition) is 4. The quantitative estimate of drug-likeness (QED) is 0.513. The maximum absolute atomic E-state index is 11.7. The molecule has 17 heavy (non-hydrogen) atoms. The zero-order valence-electron chi connectivity index (χ0n) is 9.90. The van der Waals surface area contributed by atoms with Gasteiger partial charge in [-0.1, -0.05) is 22.9 Å². The lowest BCUT2D eigenvalue weighted by atomic mass is 10.3. The van der Waals surface area contributed by atoms with E-state index in [1.54, 1.807) is 0 Å². The zero-order valence-corrected chi connectivity index (χ0v) is 12.3. The highest BCUT2D eigenvalue weighted by atomic mass is 79.9. The lowest BCUT2D eigenvalue weighted by Gasteiger charge is -2.14. The number of carbonyl (C=O) groups excluding carboxylic acids is 1.